The van der Waals surface area contributed by atoms with Crippen molar-refractivity contribution in [2.75, 3.05) is 7.11 Å². The molecular formula is C23H36O2. The van der Waals surface area contributed by atoms with Crippen LogP contribution in [0, 0.1) is 34.0 Å². The second kappa shape index (κ2) is 5.68. The molecule has 5 unspecified atom stereocenters. The van der Waals surface area contributed by atoms with E-state index < -0.39 is 0 Å². The molecule has 7 atom stereocenters. The number of Topliss-reactive ketones (excluding diaryl/α,β-unsaturated/α-hetero) is 1. The van der Waals surface area contributed by atoms with Gasteiger partial charge in [-0.1, -0.05) is 32.4 Å². The lowest BCUT2D eigenvalue weighted by molar-refractivity contribution is -0.138. The highest BCUT2D eigenvalue weighted by molar-refractivity contribution is 5.83. The van der Waals surface area contributed by atoms with Crippen molar-refractivity contribution < 1.29 is 9.53 Å². The summed E-state index contributed by atoms with van der Waals surface area (Å²) in [7, 11) is 1.87. The topological polar surface area (TPSA) is 26.3 Å². The lowest BCUT2D eigenvalue weighted by Gasteiger charge is -2.59. The molecule has 0 amide bonds. The number of ether oxygens (including phenoxy) is 1. The minimum absolute atomic E-state index is 0.0960. The molecule has 140 valence electrons. The van der Waals surface area contributed by atoms with Crippen molar-refractivity contribution in [2.45, 2.75) is 85.2 Å². The predicted molar refractivity (Wildman–Crippen MR) is 101 cm³/mol. The maximum absolute atomic E-state index is 12.5. The Bertz CT molecular complexity index is 607. The van der Waals surface area contributed by atoms with E-state index in [0.717, 1.165) is 30.6 Å². The third-order valence-corrected chi connectivity index (χ3v) is 9.77. The van der Waals surface area contributed by atoms with Gasteiger partial charge in [0.2, 0.25) is 0 Å². The van der Waals surface area contributed by atoms with E-state index in [-0.39, 0.29) is 10.8 Å². The van der Waals surface area contributed by atoms with Gasteiger partial charge in [-0.3, -0.25) is 4.79 Å². The Morgan fingerprint density at radius 3 is 2.48 bits per heavy atom. The molecule has 25 heavy (non-hydrogen) atoms. The average molecular weight is 345 g/mol. The summed E-state index contributed by atoms with van der Waals surface area (Å²) in [6.45, 7) is 9.10. The zero-order valence-corrected chi connectivity index (χ0v) is 16.9. The van der Waals surface area contributed by atoms with E-state index in [9.17, 15) is 4.79 Å². The summed E-state index contributed by atoms with van der Waals surface area (Å²) in [4.78, 5) is 12.5. The summed E-state index contributed by atoms with van der Waals surface area (Å²) in [6, 6.07) is 0. The van der Waals surface area contributed by atoms with Crippen LogP contribution in [0.25, 0.3) is 0 Å². The Morgan fingerprint density at radius 1 is 1.08 bits per heavy atom. The zero-order chi connectivity index (χ0) is 18.0. The molecule has 0 heterocycles. The molecule has 0 aliphatic heterocycles. The Labute approximate surface area is 153 Å². The maximum atomic E-state index is 12.5. The molecular weight excluding hydrogens is 308 g/mol. The second-order valence-electron chi connectivity index (χ2n) is 10.2. The van der Waals surface area contributed by atoms with Crippen molar-refractivity contribution in [2.24, 2.45) is 34.0 Å². The summed E-state index contributed by atoms with van der Waals surface area (Å²) in [5.41, 5.74) is 2.18. The fourth-order valence-corrected chi connectivity index (χ4v) is 7.67. The van der Waals surface area contributed by atoms with Crippen LogP contribution in [0.2, 0.25) is 0 Å². The molecule has 3 fully saturated rings. The fourth-order valence-electron chi connectivity index (χ4n) is 7.67. The highest BCUT2D eigenvalue weighted by atomic mass is 16.5. The number of hydrogen-bond acceptors (Lipinski definition) is 2. The number of carbonyl (C=O) groups is 1. The Morgan fingerprint density at radius 2 is 1.80 bits per heavy atom. The normalized spacial score (nSPS) is 52.0. The van der Waals surface area contributed by atoms with Crippen molar-refractivity contribution in [3.05, 3.63) is 11.6 Å². The predicted octanol–water partition coefficient (Wildman–Crippen LogP) is 5.56. The van der Waals surface area contributed by atoms with Gasteiger partial charge < -0.3 is 4.74 Å². The SMILES string of the molecule is COC1CCC2(C)C(=CCC3C2CC[C@@]2(C)C3CC[C@]2(C)C(C)=O)C1. The fraction of sp³-hybridized carbons (Fsp3) is 0.870. The largest absolute Gasteiger partial charge is 0.381 e. The van der Waals surface area contributed by atoms with E-state index in [1.807, 2.05) is 14.0 Å². The number of carbonyl (C=O) groups excluding carboxylic acids is 1. The van der Waals surface area contributed by atoms with Crippen LogP contribution < -0.4 is 0 Å². The molecule has 0 aromatic heterocycles. The zero-order valence-electron chi connectivity index (χ0n) is 16.9. The molecule has 0 N–H and O–H groups in total. The molecule has 4 aliphatic rings. The molecule has 0 aromatic carbocycles. The first-order valence-electron chi connectivity index (χ1n) is 10.5. The molecule has 3 saturated carbocycles. The van der Waals surface area contributed by atoms with E-state index in [0.29, 0.717) is 17.3 Å². The van der Waals surface area contributed by atoms with Crippen molar-refractivity contribution in [1.29, 1.82) is 0 Å². The minimum Gasteiger partial charge on any atom is -0.381 e. The van der Waals surface area contributed by atoms with Crippen LogP contribution in [0.3, 0.4) is 0 Å². The summed E-state index contributed by atoms with van der Waals surface area (Å²) in [5, 5.41) is 0. The number of hydrogen-bond donors (Lipinski definition) is 0. The summed E-state index contributed by atoms with van der Waals surface area (Å²) in [5.74, 6) is 2.76. The van der Waals surface area contributed by atoms with Crippen molar-refractivity contribution in [1.82, 2.24) is 0 Å². The number of allylic oxidation sites excluding steroid dienone is 1. The van der Waals surface area contributed by atoms with Crippen molar-refractivity contribution in [3.8, 4) is 0 Å². The number of rotatable bonds is 2. The van der Waals surface area contributed by atoms with E-state index in [1.165, 1.54) is 38.5 Å². The first-order chi connectivity index (χ1) is 11.8. The lowest BCUT2D eigenvalue weighted by Crippen LogP contribution is -2.53. The third-order valence-electron chi connectivity index (χ3n) is 9.77. The molecule has 0 saturated heterocycles. The van der Waals surface area contributed by atoms with Crippen LogP contribution in [0.4, 0.5) is 0 Å². The van der Waals surface area contributed by atoms with E-state index in [4.69, 9.17) is 4.74 Å². The first-order valence-corrected chi connectivity index (χ1v) is 10.5. The molecule has 0 aromatic rings. The van der Waals surface area contributed by atoms with Gasteiger partial charge >= 0.3 is 0 Å². The maximum Gasteiger partial charge on any atom is 0.136 e. The van der Waals surface area contributed by atoms with Crippen molar-refractivity contribution in [3.63, 3.8) is 0 Å². The molecule has 4 aliphatic carbocycles. The Kier molecular flexibility index (Phi) is 4.04. The van der Waals surface area contributed by atoms with Crippen molar-refractivity contribution >= 4 is 5.78 Å². The van der Waals surface area contributed by atoms with Gasteiger partial charge in [0.05, 0.1) is 6.10 Å². The van der Waals surface area contributed by atoms with Crippen LogP contribution in [0.5, 0.6) is 0 Å². The van der Waals surface area contributed by atoms with Gasteiger partial charge in [-0.05, 0) is 86.9 Å². The van der Waals surface area contributed by atoms with Gasteiger partial charge in [-0.25, -0.2) is 0 Å². The van der Waals surface area contributed by atoms with Crippen LogP contribution >= 0.6 is 0 Å². The number of fused-ring (bicyclic) bond motifs is 5. The van der Waals surface area contributed by atoms with Gasteiger partial charge in [0.15, 0.2) is 0 Å². The summed E-state index contributed by atoms with van der Waals surface area (Å²) >= 11 is 0. The average Bonchev–Trinajstić information content (AvgIpc) is 2.87. The van der Waals surface area contributed by atoms with Gasteiger partial charge in [0.1, 0.15) is 5.78 Å². The third kappa shape index (κ3) is 2.22. The highest BCUT2D eigenvalue weighted by Gasteiger charge is 2.63. The lowest BCUT2D eigenvalue weighted by atomic mass is 9.45. The smallest absolute Gasteiger partial charge is 0.136 e. The highest BCUT2D eigenvalue weighted by Crippen LogP contribution is 2.69. The standard InChI is InChI=1S/C23H36O2/c1-15(24)22(3)12-10-20-18-7-6-16-14-17(25-5)8-11-21(16,2)19(18)9-13-23(20,22)4/h6,17-20H,7-14H2,1-5H3/t17?,18?,19?,20?,21?,22-,23+/m1/s1. The molecule has 0 radical (unpaired) electrons. The monoisotopic (exact) mass is 344 g/mol. The molecule has 2 heteroatoms. The van der Waals surface area contributed by atoms with Crippen LogP contribution in [0.15, 0.2) is 11.6 Å². The van der Waals surface area contributed by atoms with E-state index in [1.54, 1.807) is 5.57 Å². The van der Waals surface area contributed by atoms with Crippen LogP contribution in [0.1, 0.15) is 79.1 Å². The molecule has 2 nitrogen and oxygen atoms in total. The Balaban J connectivity index is 1.66. The summed E-state index contributed by atoms with van der Waals surface area (Å²) in [6.07, 6.45) is 12.8. The molecule has 0 bridgehead atoms. The van der Waals surface area contributed by atoms with Crippen LogP contribution in [-0.2, 0) is 9.53 Å². The Hall–Kier alpha value is -0.630. The van der Waals surface area contributed by atoms with E-state index >= 15 is 0 Å². The van der Waals surface area contributed by atoms with Gasteiger partial charge in [0.25, 0.3) is 0 Å². The number of methoxy groups -OCH3 is 1. The van der Waals surface area contributed by atoms with Crippen LogP contribution in [-0.4, -0.2) is 19.0 Å². The summed E-state index contributed by atoms with van der Waals surface area (Å²) < 4.78 is 5.68. The molecule has 0 spiro atoms. The number of ketones is 1. The van der Waals surface area contributed by atoms with Gasteiger partial charge in [0, 0.05) is 12.5 Å². The quantitative estimate of drug-likeness (QED) is 0.613. The van der Waals surface area contributed by atoms with Gasteiger partial charge in [-0.2, -0.15) is 0 Å². The molecule has 4 rings (SSSR count). The minimum atomic E-state index is -0.0960. The first kappa shape index (κ1) is 17.8. The van der Waals surface area contributed by atoms with Gasteiger partial charge in [-0.15, -0.1) is 0 Å². The van der Waals surface area contributed by atoms with E-state index in [2.05, 4.69) is 26.8 Å². The second-order valence-corrected chi connectivity index (χ2v) is 10.2.